The van der Waals surface area contributed by atoms with Crippen LogP contribution in [0.4, 0.5) is 5.88 Å². The van der Waals surface area contributed by atoms with Gasteiger partial charge in [-0.15, -0.1) is 0 Å². The number of hydrogen-bond donors (Lipinski definition) is 0. The molecule has 2 aromatic carbocycles. The van der Waals surface area contributed by atoms with Crippen LogP contribution in [-0.2, 0) is 9.84 Å². The van der Waals surface area contributed by atoms with E-state index < -0.39 is 9.84 Å². The SMILES string of the molecule is CCOc1ccc(S(=O)(=O)c2nc(-c3ccc(OC)cc3)oc2N2CCCCCC2)cc1. The lowest BCUT2D eigenvalue weighted by Crippen LogP contribution is -2.25. The summed E-state index contributed by atoms with van der Waals surface area (Å²) in [7, 11) is -2.29. The molecule has 1 aliphatic heterocycles. The van der Waals surface area contributed by atoms with E-state index >= 15 is 0 Å². The molecule has 170 valence electrons. The summed E-state index contributed by atoms with van der Waals surface area (Å²) in [5.74, 6) is 1.91. The zero-order chi connectivity index (χ0) is 22.6. The Morgan fingerprint density at radius 2 is 1.56 bits per heavy atom. The zero-order valence-electron chi connectivity index (χ0n) is 18.4. The average molecular weight is 457 g/mol. The summed E-state index contributed by atoms with van der Waals surface area (Å²) in [5, 5.41) is -0.0469. The lowest BCUT2D eigenvalue weighted by molar-refractivity contribution is 0.340. The van der Waals surface area contributed by atoms with E-state index in [1.54, 1.807) is 43.5 Å². The Kier molecular flexibility index (Phi) is 6.69. The van der Waals surface area contributed by atoms with Crippen LogP contribution in [0.25, 0.3) is 11.5 Å². The molecule has 0 N–H and O–H groups in total. The van der Waals surface area contributed by atoms with Gasteiger partial charge in [0.05, 0.1) is 18.6 Å². The molecule has 0 atom stereocenters. The van der Waals surface area contributed by atoms with Gasteiger partial charge in [0.25, 0.3) is 0 Å². The van der Waals surface area contributed by atoms with Gasteiger partial charge in [-0.25, -0.2) is 8.42 Å². The number of ether oxygens (including phenoxy) is 2. The smallest absolute Gasteiger partial charge is 0.236 e. The van der Waals surface area contributed by atoms with Gasteiger partial charge in [0.1, 0.15) is 11.5 Å². The third kappa shape index (κ3) is 4.60. The van der Waals surface area contributed by atoms with E-state index in [1.807, 2.05) is 24.0 Å². The lowest BCUT2D eigenvalue weighted by Gasteiger charge is -2.20. The summed E-state index contributed by atoms with van der Waals surface area (Å²) in [6.07, 6.45) is 4.22. The first-order valence-electron chi connectivity index (χ1n) is 10.9. The van der Waals surface area contributed by atoms with Crippen LogP contribution in [0.15, 0.2) is 62.9 Å². The summed E-state index contributed by atoms with van der Waals surface area (Å²) < 4.78 is 43.9. The molecule has 0 saturated carbocycles. The van der Waals surface area contributed by atoms with E-state index in [4.69, 9.17) is 13.9 Å². The number of sulfone groups is 1. The molecular weight excluding hydrogens is 428 g/mol. The van der Waals surface area contributed by atoms with Gasteiger partial charge in [0.2, 0.25) is 26.6 Å². The van der Waals surface area contributed by atoms with Gasteiger partial charge in [0, 0.05) is 18.7 Å². The predicted molar refractivity (Wildman–Crippen MR) is 122 cm³/mol. The average Bonchev–Trinajstić information content (AvgIpc) is 3.09. The highest BCUT2D eigenvalue weighted by Crippen LogP contribution is 2.36. The first-order chi connectivity index (χ1) is 15.5. The van der Waals surface area contributed by atoms with E-state index in [2.05, 4.69) is 4.98 Å². The molecular formula is C24H28N2O5S. The molecule has 0 amide bonds. The van der Waals surface area contributed by atoms with Crippen molar-refractivity contribution in [3.63, 3.8) is 0 Å². The minimum atomic E-state index is -3.89. The third-order valence-corrected chi connectivity index (χ3v) is 7.18. The molecule has 7 nitrogen and oxygen atoms in total. The fourth-order valence-electron chi connectivity index (χ4n) is 3.80. The maximum atomic E-state index is 13.6. The number of hydrogen-bond acceptors (Lipinski definition) is 7. The van der Waals surface area contributed by atoms with Gasteiger partial charge in [-0.2, -0.15) is 4.98 Å². The number of nitrogens with zero attached hydrogens (tertiary/aromatic N) is 2. The molecule has 3 aromatic rings. The quantitative estimate of drug-likeness (QED) is 0.497. The number of aromatic nitrogens is 1. The van der Waals surface area contributed by atoms with Crippen molar-refractivity contribution in [2.45, 2.75) is 42.5 Å². The Morgan fingerprint density at radius 1 is 0.938 bits per heavy atom. The molecule has 32 heavy (non-hydrogen) atoms. The summed E-state index contributed by atoms with van der Waals surface area (Å²) in [4.78, 5) is 6.65. The van der Waals surface area contributed by atoms with Crippen LogP contribution in [0.2, 0.25) is 0 Å². The van der Waals surface area contributed by atoms with E-state index in [0.717, 1.165) is 38.8 Å². The number of rotatable bonds is 7. The molecule has 8 heteroatoms. The number of oxazole rings is 1. The molecule has 1 fully saturated rings. The summed E-state index contributed by atoms with van der Waals surface area (Å²) >= 11 is 0. The van der Waals surface area contributed by atoms with Gasteiger partial charge in [-0.3, -0.25) is 0 Å². The molecule has 1 saturated heterocycles. The zero-order valence-corrected chi connectivity index (χ0v) is 19.2. The Labute approximate surface area is 188 Å². The highest BCUT2D eigenvalue weighted by Gasteiger charge is 2.31. The summed E-state index contributed by atoms with van der Waals surface area (Å²) in [6, 6.07) is 13.6. The van der Waals surface area contributed by atoms with E-state index in [0.29, 0.717) is 29.6 Å². The molecule has 0 radical (unpaired) electrons. The van der Waals surface area contributed by atoms with Crippen molar-refractivity contribution >= 4 is 15.7 Å². The van der Waals surface area contributed by atoms with E-state index in [9.17, 15) is 8.42 Å². The number of benzene rings is 2. The predicted octanol–water partition coefficient (Wildman–Crippen LogP) is 4.96. The van der Waals surface area contributed by atoms with Crippen LogP contribution in [0.3, 0.4) is 0 Å². The minimum Gasteiger partial charge on any atom is -0.497 e. The molecule has 1 aliphatic rings. The standard InChI is InChI=1S/C24H28N2O5S/c1-3-30-20-12-14-21(15-13-20)32(27,28)23-24(26-16-6-4-5-7-17-26)31-22(25-23)18-8-10-19(29-2)11-9-18/h8-15H,3-7,16-17H2,1-2H3. The number of anilines is 1. The Bertz CT molecular complexity index is 1130. The van der Waals surface area contributed by atoms with Gasteiger partial charge < -0.3 is 18.8 Å². The van der Waals surface area contributed by atoms with Crippen LogP contribution < -0.4 is 14.4 Å². The lowest BCUT2D eigenvalue weighted by atomic mass is 10.2. The molecule has 0 bridgehead atoms. The fourth-order valence-corrected chi connectivity index (χ4v) is 5.12. The highest BCUT2D eigenvalue weighted by atomic mass is 32.2. The monoisotopic (exact) mass is 456 g/mol. The maximum absolute atomic E-state index is 13.6. The van der Waals surface area contributed by atoms with Crippen LogP contribution in [0, 0.1) is 0 Å². The first kappa shape index (κ1) is 22.2. The van der Waals surface area contributed by atoms with Crippen molar-refractivity contribution in [3.8, 4) is 23.0 Å². The van der Waals surface area contributed by atoms with Crippen molar-refractivity contribution in [1.29, 1.82) is 0 Å². The minimum absolute atomic E-state index is 0.0469. The Morgan fingerprint density at radius 3 is 2.16 bits per heavy atom. The second-order valence-corrected chi connectivity index (χ2v) is 9.53. The van der Waals surface area contributed by atoms with Crippen LogP contribution in [0.1, 0.15) is 32.6 Å². The fraction of sp³-hybridized carbons (Fsp3) is 0.375. The third-order valence-electron chi connectivity index (χ3n) is 5.51. The molecule has 1 aromatic heterocycles. The first-order valence-corrected chi connectivity index (χ1v) is 12.4. The molecule has 4 rings (SSSR count). The van der Waals surface area contributed by atoms with Crippen molar-refractivity contribution in [2.24, 2.45) is 0 Å². The molecule has 0 unspecified atom stereocenters. The van der Waals surface area contributed by atoms with Gasteiger partial charge >= 0.3 is 0 Å². The Balaban J connectivity index is 1.78. The maximum Gasteiger partial charge on any atom is 0.236 e. The van der Waals surface area contributed by atoms with Crippen LogP contribution >= 0.6 is 0 Å². The Hall–Kier alpha value is -3.00. The molecule has 0 aliphatic carbocycles. The van der Waals surface area contributed by atoms with Gasteiger partial charge in [-0.1, -0.05) is 12.8 Å². The van der Waals surface area contributed by atoms with Crippen LogP contribution in [-0.4, -0.2) is 40.2 Å². The van der Waals surface area contributed by atoms with Gasteiger partial charge in [-0.05, 0) is 68.3 Å². The topological polar surface area (TPSA) is 81.9 Å². The van der Waals surface area contributed by atoms with E-state index in [-0.39, 0.29) is 15.8 Å². The second-order valence-electron chi connectivity index (χ2n) is 7.67. The van der Waals surface area contributed by atoms with Crippen molar-refractivity contribution < 1.29 is 22.3 Å². The largest absolute Gasteiger partial charge is 0.497 e. The van der Waals surface area contributed by atoms with Crippen molar-refractivity contribution in [3.05, 3.63) is 48.5 Å². The molecule has 0 spiro atoms. The highest BCUT2D eigenvalue weighted by molar-refractivity contribution is 7.91. The summed E-state index contributed by atoms with van der Waals surface area (Å²) in [5.41, 5.74) is 0.690. The number of methoxy groups -OCH3 is 1. The normalized spacial score (nSPS) is 14.8. The van der Waals surface area contributed by atoms with Crippen molar-refractivity contribution in [1.82, 2.24) is 4.98 Å². The second kappa shape index (κ2) is 9.65. The van der Waals surface area contributed by atoms with Crippen LogP contribution in [0.5, 0.6) is 11.5 Å². The van der Waals surface area contributed by atoms with Crippen molar-refractivity contribution in [2.75, 3.05) is 31.7 Å². The van der Waals surface area contributed by atoms with E-state index in [1.165, 1.54) is 0 Å². The van der Waals surface area contributed by atoms with Gasteiger partial charge in [0.15, 0.2) is 0 Å². The molecule has 2 heterocycles. The summed E-state index contributed by atoms with van der Waals surface area (Å²) in [6.45, 7) is 3.88.